The molecule has 19 heavy (non-hydrogen) atoms. The molecule has 0 radical (unpaired) electrons. The van der Waals surface area contributed by atoms with Gasteiger partial charge in [0.1, 0.15) is 0 Å². The molecule has 0 saturated carbocycles. The number of amides is 1. The van der Waals surface area contributed by atoms with E-state index in [1.807, 2.05) is 0 Å². The highest BCUT2D eigenvalue weighted by molar-refractivity contribution is 6.30. The van der Waals surface area contributed by atoms with Crippen LogP contribution in [0.4, 0.5) is 0 Å². The molecule has 0 aliphatic rings. The molecule has 0 spiro atoms. The number of hydrogen-bond acceptors (Lipinski definition) is 3. The molecular formula is C13H14ClNO4. The first-order chi connectivity index (χ1) is 8.81. The maximum Gasteiger partial charge on any atom is 0.337 e. The van der Waals surface area contributed by atoms with E-state index in [-0.39, 0.29) is 6.54 Å². The Morgan fingerprint density at radius 3 is 2.47 bits per heavy atom. The number of hydrogen-bond donors (Lipinski definition) is 3. The van der Waals surface area contributed by atoms with Crippen LogP contribution in [-0.2, 0) is 9.59 Å². The maximum atomic E-state index is 11.4. The fraction of sp³-hybridized carbons (Fsp3) is 0.231. The summed E-state index contributed by atoms with van der Waals surface area (Å²) in [4.78, 5) is 22.0. The van der Waals surface area contributed by atoms with Crippen LogP contribution in [-0.4, -0.2) is 34.2 Å². The Morgan fingerprint density at radius 2 is 1.95 bits per heavy atom. The number of halogens is 1. The van der Waals surface area contributed by atoms with Gasteiger partial charge in [-0.1, -0.05) is 23.7 Å². The summed E-state index contributed by atoms with van der Waals surface area (Å²) in [6, 6.07) is 6.85. The first-order valence-corrected chi connectivity index (χ1v) is 5.86. The molecule has 0 aliphatic carbocycles. The molecule has 0 fully saturated rings. The smallest absolute Gasteiger partial charge is 0.337 e. The number of nitrogens with one attached hydrogen (secondary N) is 1. The van der Waals surface area contributed by atoms with E-state index in [1.165, 1.54) is 6.08 Å². The van der Waals surface area contributed by atoms with Gasteiger partial charge < -0.3 is 15.5 Å². The second-order valence-corrected chi connectivity index (χ2v) is 4.62. The number of carboxylic acid groups (broad SMARTS) is 1. The Morgan fingerprint density at radius 1 is 1.37 bits per heavy atom. The lowest BCUT2D eigenvalue weighted by molar-refractivity contribution is -0.156. The molecule has 5 nitrogen and oxygen atoms in total. The summed E-state index contributed by atoms with van der Waals surface area (Å²) in [5.74, 6) is -1.88. The van der Waals surface area contributed by atoms with Gasteiger partial charge in [-0.25, -0.2) is 4.79 Å². The summed E-state index contributed by atoms with van der Waals surface area (Å²) < 4.78 is 0. The van der Waals surface area contributed by atoms with Gasteiger partial charge in [-0.15, -0.1) is 0 Å². The second-order valence-electron chi connectivity index (χ2n) is 4.18. The van der Waals surface area contributed by atoms with Crippen molar-refractivity contribution in [2.24, 2.45) is 0 Å². The van der Waals surface area contributed by atoms with Crippen molar-refractivity contribution in [2.75, 3.05) is 6.54 Å². The largest absolute Gasteiger partial charge is 0.479 e. The summed E-state index contributed by atoms with van der Waals surface area (Å²) in [7, 11) is 0. The van der Waals surface area contributed by atoms with Gasteiger partial charge in [-0.3, -0.25) is 4.79 Å². The summed E-state index contributed by atoms with van der Waals surface area (Å²) in [6.45, 7) is 0.741. The van der Waals surface area contributed by atoms with E-state index in [0.717, 1.165) is 12.5 Å². The Balaban J connectivity index is 2.52. The Hall–Kier alpha value is -1.85. The molecule has 1 unspecified atom stereocenters. The molecule has 0 bridgehead atoms. The third kappa shape index (κ3) is 5.11. The van der Waals surface area contributed by atoms with E-state index in [4.69, 9.17) is 16.7 Å². The van der Waals surface area contributed by atoms with Gasteiger partial charge in [0.05, 0.1) is 6.54 Å². The zero-order valence-corrected chi connectivity index (χ0v) is 11.0. The van der Waals surface area contributed by atoms with Crippen LogP contribution < -0.4 is 5.32 Å². The van der Waals surface area contributed by atoms with E-state index in [0.29, 0.717) is 5.02 Å². The van der Waals surface area contributed by atoms with Gasteiger partial charge in [-0.2, -0.15) is 0 Å². The van der Waals surface area contributed by atoms with Crippen LogP contribution in [0.3, 0.4) is 0 Å². The molecule has 0 aliphatic heterocycles. The van der Waals surface area contributed by atoms with Crippen LogP contribution in [0.2, 0.25) is 5.02 Å². The SMILES string of the molecule is CC(O)(CNC(=O)C=Cc1ccc(Cl)cc1)C(=O)O. The predicted octanol–water partition coefficient (Wildman–Crippen LogP) is 1.31. The number of aliphatic hydroxyl groups is 1. The van der Waals surface area contributed by atoms with E-state index in [9.17, 15) is 14.7 Å². The number of rotatable bonds is 5. The van der Waals surface area contributed by atoms with Crippen molar-refractivity contribution in [1.29, 1.82) is 0 Å². The Labute approximate surface area is 115 Å². The van der Waals surface area contributed by atoms with Gasteiger partial charge in [0.15, 0.2) is 5.60 Å². The monoisotopic (exact) mass is 283 g/mol. The third-order valence-corrected chi connectivity index (χ3v) is 2.62. The minimum Gasteiger partial charge on any atom is -0.479 e. The quantitative estimate of drug-likeness (QED) is 0.711. The third-order valence-electron chi connectivity index (χ3n) is 2.36. The lowest BCUT2D eigenvalue weighted by Crippen LogP contribution is -2.46. The minimum atomic E-state index is -1.98. The lowest BCUT2D eigenvalue weighted by Gasteiger charge is -2.17. The topological polar surface area (TPSA) is 86.6 Å². The molecular weight excluding hydrogens is 270 g/mol. The van der Waals surface area contributed by atoms with Gasteiger partial charge in [0, 0.05) is 11.1 Å². The highest BCUT2D eigenvalue weighted by Gasteiger charge is 2.29. The average Bonchev–Trinajstić information content (AvgIpc) is 2.35. The van der Waals surface area contributed by atoms with Crippen LogP contribution >= 0.6 is 11.6 Å². The zero-order chi connectivity index (χ0) is 14.5. The van der Waals surface area contributed by atoms with Crippen molar-refractivity contribution in [3.63, 3.8) is 0 Å². The second kappa shape index (κ2) is 6.36. The molecule has 0 aromatic heterocycles. The van der Waals surface area contributed by atoms with E-state index < -0.39 is 17.5 Å². The molecule has 1 aromatic rings. The summed E-state index contributed by atoms with van der Waals surface area (Å²) in [5.41, 5.74) is -1.20. The Bertz CT molecular complexity index is 494. The number of benzene rings is 1. The van der Waals surface area contributed by atoms with Crippen molar-refractivity contribution in [2.45, 2.75) is 12.5 Å². The maximum absolute atomic E-state index is 11.4. The van der Waals surface area contributed by atoms with Crippen molar-refractivity contribution in [1.82, 2.24) is 5.32 Å². The highest BCUT2D eigenvalue weighted by atomic mass is 35.5. The summed E-state index contributed by atoms with van der Waals surface area (Å²) >= 11 is 5.72. The molecule has 1 amide bonds. The normalized spacial score (nSPS) is 14.1. The molecule has 6 heteroatoms. The van der Waals surface area contributed by atoms with Crippen LogP contribution in [0.25, 0.3) is 6.08 Å². The number of carboxylic acids is 1. The molecule has 0 saturated heterocycles. The van der Waals surface area contributed by atoms with E-state index in [2.05, 4.69) is 5.32 Å². The average molecular weight is 284 g/mol. The number of carbonyl (C=O) groups excluding carboxylic acids is 1. The van der Waals surface area contributed by atoms with Gasteiger partial charge in [0.2, 0.25) is 5.91 Å². The van der Waals surface area contributed by atoms with E-state index in [1.54, 1.807) is 30.3 Å². The molecule has 102 valence electrons. The highest BCUT2D eigenvalue weighted by Crippen LogP contribution is 2.10. The Kier molecular flexibility index (Phi) is 5.09. The van der Waals surface area contributed by atoms with Crippen molar-refractivity contribution >= 4 is 29.6 Å². The molecule has 0 heterocycles. The first-order valence-electron chi connectivity index (χ1n) is 5.48. The van der Waals surface area contributed by atoms with Gasteiger partial charge in [0.25, 0.3) is 0 Å². The first kappa shape index (κ1) is 15.2. The summed E-state index contributed by atoms with van der Waals surface area (Å²) in [6.07, 6.45) is 2.81. The molecule has 1 aromatic carbocycles. The van der Waals surface area contributed by atoms with Crippen LogP contribution in [0.1, 0.15) is 12.5 Å². The minimum absolute atomic E-state index is 0.369. The molecule has 1 atom stereocenters. The molecule has 3 N–H and O–H groups in total. The van der Waals surface area contributed by atoms with Crippen molar-refractivity contribution < 1.29 is 19.8 Å². The lowest BCUT2D eigenvalue weighted by atomic mass is 10.1. The number of aliphatic carboxylic acids is 1. The molecule has 1 rings (SSSR count). The van der Waals surface area contributed by atoms with Crippen molar-refractivity contribution in [3.05, 3.63) is 40.9 Å². The van der Waals surface area contributed by atoms with Crippen LogP contribution in [0.5, 0.6) is 0 Å². The van der Waals surface area contributed by atoms with Crippen molar-refractivity contribution in [3.8, 4) is 0 Å². The summed E-state index contributed by atoms with van der Waals surface area (Å²) in [5, 5.41) is 21.0. The van der Waals surface area contributed by atoms with Crippen LogP contribution in [0, 0.1) is 0 Å². The van der Waals surface area contributed by atoms with Gasteiger partial charge in [-0.05, 0) is 30.7 Å². The fourth-order valence-electron chi connectivity index (χ4n) is 1.14. The zero-order valence-electron chi connectivity index (χ0n) is 10.3. The van der Waals surface area contributed by atoms with E-state index >= 15 is 0 Å². The fourth-order valence-corrected chi connectivity index (χ4v) is 1.27. The van der Waals surface area contributed by atoms with Crippen LogP contribution in [0.15, 0.2) is 30.3 Å². The van der Waals surface area contributed by atoms with Gasteiger partial charge >= 0.3 is 5.97 Å². The number of carbonyl (C=O) groups is 2. The standard InChI is InChI=1S/C13H14ClNO4/c1-13(19,12(17)18)8-15-11(16)7-4-9-2-5-10(14)6-3-9/h2-7,19H,8H2,1H3,(H,15,16)(H,17,18). The predicted molar refractivity (Wildman–Crippen MR) is 71.8 cm³/mol.